The number of carbonyl (C=O) groups is 3. The Morgan fingerprint density at radius 1 is 1.08 bits per heavy atom. The fourth-order valence-corrected chi connectivity index (χ4v) is 5.13. The highest BCUT2D eigenvalue weighted by molar-refractivity contribution is 7.99. The Balaban J connectivity index is 0.00000380. The standard InChI is InChI=1S/C27H39N5O4S.2H2/c1-17(2)15-21(22(33)24-30-31-26(36-24)37-18(3)4)28-25(35)27(13-7-8-14-27)29-23(34)20-11-9-19(10-12-20)16-32(5)6;;/h9-12,17-18,21H,7-8,13-16H2,1-6H3,(H,28,35)(H,29,34);2*1H. The first-order valence-corrected chi connectivity index (χ1v) is 13.8. The van der Waals surface area contributed by atoms with Crippen LogP contribution in [0.1, 0.15) is 89.3 Å². The van der Waals surface area contributed by atoms with Crippen molar-refractivity contribution in [3.8, 4) is 0 Å². The summed E-state index contributed by atoms with van der Waals surface area (Å²) in [6.07, 6.45) is 3.08. The highest BCUT2D eigenvalue weighted by atomic mass is 32.2. The minimum Gasteiger partial charge on any atom is -0.408 e. The van der Waals surface area contributed by atoms with E-state index in [0.717, 1.165) is 24.9 Å². The number of ketones is 1. The molecule has 0 saturated heterocycles. The monoisotopic (exact) mass is 533 g/mol. The van der Waals surface area contributed by atoms with E-state index in [2.05, 4.69) is 25.7 Å². The van der Waals surface area contributed by atoms with E-state index in [1.54, 1.807) is 12.1 Å². The number of nitrogens with zero attached hydrogens (tertiary/aromatic N) is 3. The van der Waals surface area contributed by atoms with Gasteiger partial charge in [-0.3, -0.25) is 14.4 Å². The molecule has 0 bridgehead atoms. The van der Waals surface area contributed by atoms with Crippen molar-refractivity contribution >= 4 is 29.4 Å². The minimum absolute atomic E-state index is 0. The third kappa shape index (κ3) is 7.88. The molecule has 37 heavy (non-hydrogen) atoms. The number of hydrogen-bond acceptors (Lipinski definition) is 8. The predicted octanol–water partition coefficient (Wildman–Crippen LogP) is 4.58. The van der Waals surface area contributed by atoms with Gasteiger partial charge in [-0.25, -0.2) is 0 Å². The molecule has 2 N–H and O–H groups in total. The van der Waals surface area contributed by atoms with Crippen LogP contribution in [-0.2, 0) is 11.3 Å². The second-order valence-electron chi connectivity index (χ2n) is 10.7. The maximum Gasteiger partial charge on any atom is 0.286 e. The van der Waals surface area contributed by atoms with Gasteiger partial charge in [-0.15, -0.1) is 10.2 Å². The van der Waals surface area contributed by atoms with Gasteiger partial charge in [-0.2, -0.15) is 0 Å². The van der Waals surface area contributed by atoms with Gasteiger partial charge in [0, 0.05) is 20.2 Å². The second kappa shape index (κ2) is 12.7. The first-order chi connectivity index (χ1) is 17.5. The smallest absolute Gasteiger partial charge is 0.286 e. The maximum absolute atomic E-state index is 13.6. The van der Waals surface area contributed by atoms with Gasteiger partial charge in [0.05, 0.1) is 6.04 Å². The van der Waals surface area contributed by atoms with Crippen molar-refractivity contribution in [2.75, 3.05) is 14.1 Å². The molecular formula is C27H43N5O4S. The summed E-state index contributed by atoms with van der Waals surface area (Å²) < 4.78 is 5.57. The zero-order valence-corrected chi connectivity index (χ0v) is 23.5. The fourth-order valence-electron chi connectivity index (χ4n) is 4.51. The number of benzene rings is 1. The summed E-state index contributed by atoms with van der Waals surface area (Å²) in [5.41, 5.74) is 0.529. The van der Waals surface area contributed by atoms with Crippen LogP contribution in [-0.4, -0.2) is 63.6 Å². The first kappa shape index (κ1) is 28.8. The van der Waals surface area contributed by atoms with E-state index >= 15 is 0 Å². The van der Waals surface area contributed by atoms with Gasteiger partial charge in [0.15, 0.2) is 0 Å². The van der Waals surface area contributed by atoms with Crippen molar-refractivity contribution in [1.29, 1.82) is 0 Å². The lowest BCUT2D eigenvalue weighted by Crippen LogP contribution is -2.60. The number of nitrogens with one attached hydrogen (secondary N) is 2. The molecule has 1 heterocycles. The molecule has 1 aliphatic rings. The Hall–Kier alpha value is -2.72. The van der Waals surface area contributed by atoms with E-state index in [1.807, 2.05) is 53.9 Å². The Bertz CT molecular complexity index is 1090. The molecule has 0 radical (unpaired) electrons. The summed E-state index contributed by atoms with van der Waals surface area (Å²) in [5.74, 6) is -1.04. The summed E-state index contributed by atoms with van der Waals surface area (Å²) in [6, 6.07) is 6.57. The number of thioether (sulfide) groups is 1. The van der Waals surface area contributed by atoms with Crippen LogP contribution in [0, 0.1) is 5.92 Å². The molecule has 1 unspecified atom stereocenters. The van der Waals surface area contributed by atoms with Gasteiger partial charge in [-0.1, -0.05) is 64.4 Å². The van der Waals surface area contributed by atoms with E-state index in [0.29, 0.717) is 30.0 Å². The van der Waals surface area contributed by atoms with Crippen molar-refractivity contribution in [2.24, 2.45) is 5.92 Å². The quantitative estimate of drug-likeness (QED) is 0.301. The number of aromatic nitrogens is 2. The highest BCUT2D eigenvalue weighted by Gasteiger charge is 2.44. The molecule has 1 aromatic heterocycles. The molecule has 1 fully saturated rings. The molecule has 1 saturated carbocycles. The molecule has 3 rings (SSSR count). The van der Waals surface area contributed by atoms with Crippen LogP contribution < -0.4 is 10.6 Å². The number of carbonyl (C=O) groups excluding carboxylic acids is 3. The number of Topliss-reactive ketones (excluding diaryl/α,β-unsaturated/α-hetero) is 1. The van der Waals surface area contributed by atoms with Gasteiger partial charge in [0.1, 0.15) is 5.54 Å². The van der Waals surface area contributed by atoms with Crippen molar-refractivity contribution in [3.63, 3.8) is 0 Å². The average molecular weight is 534 g/mol. The minimum atomic E-state index is -1.07. The summed E-state index contributed by atoms with van der Waals surface area (Å²) in [4.78, 5) is 42.1. The van der Waals surface area contributed by atoms with Crippen molar-refractivity contribution in [1.82, 2.24) is 25.7 Å². The zero-order valence-electron chi connectivity index (χ0n) is 22.7. The van der Waals surface area contributed by atoms with Crippen LogP contribution in [0.15, 0.2) is 33.9 Å². The molecule has 2 aromatic rings. The molecule has 0 aliphatic heterocycles. The molecule has 9 nitrogen and oxygen atoms in total. The summed E-state index contributed by atoms with van der Waals surface area (Å²) in [7, 11) is 3.98. The molecule has 0 spiro atoms. The molecular weight excluding hydrogens is 490 g/mol. The van der Waals surface area contributed by atoms with Crippen molar-refractivity contribution < 1.29 is 21.7 Å². The Labute approximate surface area is 226 Å². The summed E-state index contributed by atoms with van der Waals surface area (Å²) in [6.45, 7) is 8.72. The summed E-state index contributed by atoms with van der Waals surface area (Å²) >= 11 is 1.37. The van der Waals surface area contributed by atoms with E-state index in [-0.39, 0.29) is 31.7 Å². The maximum atomic E-state index is 13.6. The van der Waals surface area contributed by atoms with Crippen LogP contribution in [0.4, 0.5) is 0 Å². The molecule has 1 atom stereocenters. The topological polar surface area (TPSA) is 117 Å². The van der Waals surface area contributed by atoms with Gasteiger partial charge in [0.2, 0.25) is 11.7 Å². The number of rotatable bonds is 12. The first-order valence-electron chi connectivity index (χ1n) is 12.9. The van der Waals surface area contributed by atoms with Crippen LogP contribution in [0.2, 0.25) is 0 Å². The lowest BCUT2D eigenvalue weighted by Gasteiger charge is -2.31. The average Bonchev–Trinajstić information content (AvgIpc) is 3.48. The third-order valence-corrected chi connectivity index (χ3v) is 7.08. The van der Waals surface area contributed by atoms with Crippen LogP contribution in [0.25, 0.3) is 0 Å². The summed E-state index contributed by atoms with van der Waals surface area (Å²) in [5, 5.41) is 14.4. The van der Waals surface area contributed by atoms with Gasteiger partial charge < -0.3 is 20.0 Å². The zero-order chi connectivity index (χ0) is 27.2. The van der Waals surface area contributed by atoms with Crippen LogP contribution in [0.3, 0.4) is 0 Å². The largest absolute Gasteiger partial charge is 0.408 e. The molecule has 1 aliphatic carbocycles. The van der Waals surface area contributed by atoms with Crippen molar-refractivity contribution in [3.05, 3.63) is 41.3 Å². The van der Waals surface area contributed by atoms with E-state index in [9.17, 15) is 14.4 Å². The SMILES string of the molecule is CC(C)CC(NC(=O)C1(NC(=O)c2ccc(CN(C)C)cc2)CCCC1)C(=O)c1nnc(SC(C)C)o1.[HH].[HH]. The van der Waals surface area contributed by atoms with Gasteiger partial charge in [-0.05, 0) is 57.0 Å². The van der Waals surface area contributed by atoms with Crippen LogP contribution >= 0.6 is 11.8 Å². The van der Waals surface area contributed by atoms with E-state index in [4.69, 9.17) is 4.42 Å². The van der Waals surface area contributed by atoms with E-state index < -0.39 is 17.4 Å². The van der Waals surface area contributed by atoms with Crippen LogP contribution in [0.5, 0.6) is 0 Å². The fraction of sp³-hybridized carbons (Fsp3) is 0.593. The second-order valence-corrected chi connectivity index (χ2v) is 12.3. The lowest BCUT2D eigenvalue weighted by molar-refractivity contribution is -0.127. The molecule has 1 aromatic carbocycles. The highest BCUT2D eigenvalue weighted by Crippen LogP contribution is 2.31. The Kier molecular flexibility index (Phi) is 9.89. The Morgan fingerprint density at radius 2 is 1.73 bits per heavy atom. The van der Waals surface area contributed by atoms with Gasteiger partial charge >= 0.3 is 0 Å². The van der Waals surface area contributed by atoms with E-state index in [1.165, 1.54) is 11.8 Å². The van der Waals surface area contributed by atoms with Crippen molar-refractivity contribution in [2.45, 2.75) is 88.4 Å². The Morgan fingerprint density at radius 3 is 2.30 bits per heavy atom. The van der Waals surface area contributed by atoms with Gasteiger partial charge in [0.25, 0.3) is 17.0 Å². The number of hydrogen-bond donors (Lipinski definition) is 2. The molecule has 206 valence electrons. The molecule has 2 amide bonds. The number of amides is 2. The predicted molar refractivity (Wildman–Crippen MR) is 148 cm³/mol. The lowest BCUT2D eigenvalue weighted by atomic mass is 9.93. The third-order valence-electron chi connectivity index (χ3n) is 6.24. The molecule has 10 heteroatoms. The normalized spacial score (nSPS) is 15.8.